The van der Waals surface area contributed by atoms with Crippen molar-refractivity contribution < 1.29 is 0 Å². The third kappa shape index (κ3) is 4.73. The molecule has 1 aliphatic rings. The first-order valence-electron chi connectivity index (χ1n) is 18.9. The summed E-state index contributed by atoms with van der Waals surface area (Å²) in [7, 11) is 0. The molecule has 0 radical (unpaired) electrons. The molecule has 1 aliphatic carbocycles. The van der Waals surface area contributed by atoms with Gasteiger partial charge in [-0.15, -0.1) is 0 Å². The lowest BCUT2D eigenvalue weighted by Gasteiger charge is -2.26. The first-order chi connectivity index (χ1) is 27.1. The summed E-state index contributed by atoms with van der Waals surface area (Å²) < 4.78 is 0. The second kappa shape index (κ2) is 12.0. The third-order valence-electron chi connectivity index (χ3n) is 11.8. The molecule has 0 saturated heterocycles. The average molecular weight is 702 g/mol. The molecule has 0 amide bonds. The zero-order chi connectivity index (χ0) is 36.7. The number of pyridine rings is 1. The SMILES string of the molecule is CC1(C)c2ccccc2-c2nc3ccc4ccccc4c3c(-c3ccc(-c4ccc(-c5ccc(-c6ncccn6)c6ccccc56)c5ccccc45)cc3)c21. The predicted octanol–water partition coefficient (Wildman–Crippen LogP) is 13.5. The van der Waals surface area contributed by atoms with E-state index in [2.05, 4.69) is 182 Å². The van der Waals surface area contributed by atoms with Gasteiger partial charge in [0.2, 0.25) is 0 Å². The molecule has 3 nitrogen and oxygen atoms in total. The number of fused-ring (bicyclic) bond motifs is 8. The molecule has 258 valence electrons. The van der Waals surface area contributed by atoms with E-state index in [4.69, 9.17) is 4.98 Å². The van der Waals surface area contributed by atoms with E-state index in [-0.39, 0.29) is 5.41 Å². The van der Waals surface area contributed by atoms with Gasteiger partial charge in [-0.1, -0.05) is 159 Å². The minimum Gasteiger partial charge on any atom is -0.247 e. The highest BCUT2D eigenvalue weighted by molar-refractivity contribution is 6.16. The fourth-order valence-corrected chi connectivity index (χ4v) is 9.27. The van der Waals surface area contributed by atoms with Gasteiger partial charge in [0.05, 0.1) is 11.2 Å². The highest BCUT2D eigenvalue weighted by atomic mass is 14.9. The van der Waals surface area contributed by atoms with E-state index in [0.29, 0.717) is 0 Å². The van der Waals surface area contributed by atoms with Crippen LogP contribution in [0.15, 0.2) is 176 Å². The van der Waals surface area contributed by atoms with E-state index in [1.807, 2.05) is 6.07 Å². The van der Waals surface area contributed by atoms with Crippen molar-refractivity contribution in [3.05, 3.63) is 187 Å². The minimum atomic E-state index is -0.208. The summed E-state index contributed by atoms with van der Waals surface area (Å²) in [6, 6.07) is 59.4. The van der Waals surface area contributed by atoms with E-state index < -0.39 is 0 Å². The first kappa shape index (κ1) is 31.5. The summed E-state index contributed by atoms with van der Waals surface area (Å²) in [5.74, 6) is 0.736. The summed E-state index contributed by atoms with van der Waals surface area (Å²) >= 11 is 0. The van der Waals surface area contributed by atoms with Crippen LogP contribution in [0.3, 0.4) is 0 Å². The fraction of sp³-hybridized carbons (Fsp3) is 0.0577. The molecule has 10 aromatic rings. The topological polar surface area (TPSA) is 38.7 Å². The molecule has 0 atom stereocenters. The number of benzene rings is 8. The van der Waals surface area contributed by atoms with E-state index in [9.17, 15) is 0 Å². The number of aromatic nitrogens is 3. The van der Waals surface area contributed by atoms with E-state index in [1.165, 1.54) is 82.4 Å². The van der Waals surface area contributed by atoms with Crippen LogP contribution in [0, 0.1) is 0 Å². The molecule has 0 unspecified atom stereocenters. The summed E-state index contributed by atoms with van der Waals surface area (Å²) in [5.41, 5.74) is 14.1. The molecule has 0 N–H and O–H groups in total. The van der Waals surface area contributed by atoms with Gasteiger partial charge in [-0.05, 0) is 95.0 Å². The Hall–Kier alpha value is -6.97. The Morgan fingerprint density at radius 3 is 1.67 bits per heavy atom. The largest absolute Gasteiger partial charge is 0.247 e. The Morgan fingerprint density at radius 2 is 0.964 bits per heavy atom. The maximum Gasteiger partial charge on any atom is 0.159 e. The number of rotatable bonds is 4. The Kier molecular flexibility index (Phi) is 6.90. The highest BCUT2D eigenvalue weighted by Gasteiger charge is 2.39. The van der Waals surface area contributed by atoms with Crippen molar-refractivity contribution >= 4 is 43.2 Å². The van der Waals surface area contributed by atoms with Crippen molar-refractivity contribution in [2.45, 2.75) is 19.3 Å². The molecule has 11 rings (SSSR count). The molecule has 0 spiro atoms. The summed E-state index contributed by atoms with van der Waals surface area (Å²) in [5, 5.41) is 8.46. The highest BCUT2D eigenvalue weighted by Crippen LogP contribution is 2.54. The van der Waals surface area contributed by atoms with Crippen molar-refractivity contribution in [1.82, 2.24) is 15.0 Å². The van der Waals surface area contributed by atoms with Crippen LogP contribution in [0.4, 0.5) is 0 Å². The van der Waals surface area contributed by atoms with Crippen LogP contribution in [0.1, 0.15) is 25.0 Å². The van der Waals surface area contributed by atoms with Crippen molar-refractivity contribution in [3.8, 4) is 56.0 Å². The Balaban J connectivity index is 1.08. The zero-order valence-electron chi connectivity index (χ0n) is 30.6. The second-order valence-corrected chi connectivity index (χ2v) is 15.1. The van der Waals surface area contributed by atoms with E-state index >= 15 is 0 Å². The maximum absolute atomic E-state index is 5.39. The van der Waals surface area contributed by atoms with Gasteiger partial charge >= 0.3 is 0 Å². The second-order valence-electron chi connectivity index (χ2n) is 15.1. The monoisotopic (exact) mass is 701 g/mol. The lowest BCUT2D eigenvalue weighted by Crippen LogP contribution is -2.16. The lowest BCUT2D eigenvalue weighted by atomic mass is 9.78. The molecule has 0 saturated carbocycles. The predicted molar refractivity (Wildman–Crippen MR) is 229 cm³/mol. The van der Waals surface area contributed by atoms with Crippen molar-refractivity contribution in [2.24, 2.45) is 0 Å². The van der Waals surface area contributed by atoms with Crippen LogP contribution in [0.2, 0.25) is 0 Å². The minimum absolute atomic E-state index is 0.208. The van der Waals surface area contributed by atoms with Crippen LogP contribution in [-0.4, -0.2) is 15.0 Å². The molecule has 55 heavy (non-hydrogen) atoms. The van der Waals surface area contributed by atoms with Gasteiger partial charge in [-0.3, -0.25) is 0 Å². The normalized spacial score (nSPS) is 13.1. The van der Waals surface area contributed by atoms with Gasteiger partial charge in [0.15, 0.2) is 5.82 Å². The lowest BCUT2D eigenvalue weighted by molar-refractivity contribution is 0.662. The summed E-state index contributed by atoms with van der Waals surface area (Å²) in [6.45, 7) is 4.71. The molecule has 0 fully saturated rings. The molecular formula is C52H35N3. The van der Waals surface area contributed by atoms with Crippen LogP contribution in [0.5, 0.6) is 0 Å². The van der Waals surface area contributed by atoms with Crippen molar-refractivity contribution in [1.29, 1.82) is 0 Å². The average Bonchev–Trinajstić information content (AvgIpc) is 3.48. The van der Waals surface area contributed by atoms with Gasteiger partial charge in [0, 0.05) is 34.3 Å². The van der Waals surface area contributed by atoms with Crippen LogP contribution in [-0.2, 0) is 5.41 Å². The van der Waals surface area contributed by atoms with Gasteiger partial charge in [0.25, 0.3) is 0 Å². The number of hydrogen-bond donors (Lipinski definition) is 0. The summed E-state index contributed by atoms with van der Waals surface area (Å²) in [6.07, 6.45) is 3.61. The Bertz CT molecular complexity index is 3160. The standard InChI is InChI=1S/C52H35N3/c1-52(2)45-19-10-9-18-44(45)50-49(52)47(48-36-13-4-3-12-32(36)24-29-46(48)55-50)34-22-20-33(21-23-34)35-25-26-41(38-15-6-5-14-37(35)38)42-27-28-43(51-53-30-11-31-54-51)40-17-8-7-16-39(40)42/h3-31H,1-2H3. The Morgan fingerprint density at radius 1 is 0.418 bits per heavy atom. The zero-order valence-corrected chi connectivity index (χ0v) is 30.6. The molecule has 3 heteroatoms. The first-order valence-corrected chi connectivity index (χ1v) is 18.9. The van der Waals surface area contributed by atoms with Crippen LogP contribution < -0.4 is 0 Å². The third-order valence-corrected chi connectivity index (χ3v) is 11.8. The van der Waals surface area contributed by atoms with E-state index in [0.717, 1.165) is 28.0 Å². The summed E-state index contributed by atoms with van der Waals surface area (Å²) in [4.78, 5) is 14.5. The van der Waals surface area contributed by atoms with Crippen molar-refractivity contribution in [2.75, 3.05) is 0 Å². The van der Waals surface area contributed by atoms with Gasteiger partial charge in [0.1, 0.15) is 0 Å². The van der Waals surface area contributed by atoms with Crippen molar-refractivity contribution in [3.63, 3.8) is 0 Å². The fourth-order valence-electron chi connectivity index (χ4n) is 9.27. The van der Waals surface area contributed by atoms with Gasteiger partial charge in [-0.2, -0.15) is 0 Å². The van der Waals surface area contributed by atoms with Crippen LogP contribution in [0.25, 0.3) is 99.2 Å². The molecule has 0 aliphatic heterocycles. The number of hydrogen-bond acceptors (Lipinski definition) is 3. The smallest absolute Gasteiger partial charge is 0.159 e. The molecule has 2 aromatic heterocycles. The maximum atomic E-state index is 5.39. The van der Waals surface area contributed by atoms with E-state index in [1.54, 1.807) is 12.4 Å². The van der Waals surface area contributed by atoms with Gasteiger partial charge in [-0.25, -0.2) is 15.0 Å². The van der Waals surface area contributed by atoms with Gasteiger partial charge < -0.3 is 0 Å². The number of nitrogens with zero attached hydrogens (tertiary/aromatic N) is 3. The molecular weight excluding hydrogens is 667 g/mol. The molecule has 8 aromatic carbocycles. The Labute approximate surface area is 319 Å². The molecule has 0 bridgehead atoms. The van der Waals surface area contributed by atoms with Crippen LogP contribution >= 0.6 is 0 Å². The quantitative estimate of drug-likeness (QED) is 0.171. The molecule has 2 heterocycles.